The lowest BCUT2D eigenvalue weighted by Gasteiger charge is -2.19. The molecule has 37 heavy (non-hydrogen) atoms. The van der Waals surface area contributed by atoms with Crippen LogP contribution in [0.1, 0.15) is 56.0 Å². The van der Waals surface area contributed by atoms with Crippen LogP contribution < -0.4 is 5.32 Å². The largest absolute Gasteiger partial charge is 0.444 e. The normalized spacial score (nSPS) is 11.9. The Morgan fingerprint density at radius 3 is 2.68 bits per heavy atom. The van der Waals surface area contributed by atoms with E-state index < -0.39 is 11.7 Å². The first-order valence-corrected chi connectivity index (χ1v) is 12.3. The zero-order chi connectivity index (χ0) is 26.4. The summed E-state index contributed by atoms with van der Waals surface area (Å²) in [4.78, 5) is 29.1. The number of amides is 1. The summed E-state index contributed by atoms with van der Waals surface area (Å²) in [5.74, 6) is -0.0618. The molecule has 7 nitrogen and oxygen atoms in total. The van der Waals surface area contributed by atoms with E-state index in [0.29, 0.717) is 36.9 Å². The molecular formula is C30H30N4O3. The van der Waals surface area contributed by atoms with E-state index in [1.165, 1.54) is 0 Å². The Kier molecular flexibility index (Phi) is 7.69. The smallest absolute Gasteiger partial charge is 0.407 e. The van der Waals surface area contributed by atoms with E-state index in [1.54, 1.807) is 23.2 Å². The molecule has 0 aliphatic rings. The lowest BCUT2D eigenvalue weighted by atomic mass is 10.00. The van der Waals surface area contributed by atoms with Crippen molar-refractivity contribution in [3.63, 3.8) is 0 Å². The molecule has 2 heterocycles. The molecule has 0 radical (unpaired) electrons. The van der Waals surface area contributed by atoms with Gasteiger partial charge in [-0.25, -0.2) is 4.79 Å². The summed E-state index contributed by atoms with van der Waals surface area (Å²) in [5, 5.41) is 15.6. The molecule has 2 aromatic heterocycles. The van der Waals surface area contributed by atoms with E-state index in [9.17, 15) is 14.9 Å². The van der Waals surface area contributed by atoms with Crippen molar-refractivity contribution in [1.82, 2.24) is 14.9 Å². The molecule has 1 amide bonds. The lowest BCUT2D eigenvalue weighted by molar-refractivity contribution is 0.0527. The maximum atomic E-state index is 13.1. The second kappa shape index (κ2) is 11.1. The number of benzene rings is 2. The van der Waals surface area contributed by atoms with Gasteiger partial charge in [0.05, 0.1) is 17.2 Å². The molecule has 2 aromatic carbocycles. The van der Waals surface area contributed by atoms with E-state index in [1.807, 2.05) is 75.4 Å². The summed E-state index contributed by atoms with van der Waals surface area (Å²) >= 11 is 0. The maximum absolute atomic E-state index is 13.1. The summed E-state index contributed by atoms with van der Waals surface area (Å²) < 4.78 is 6.86. The molecule has 0 bridgehead atoms. The topological polar surface area (TPSA) is 97.0 Å². The van der Waals surface area contributed by atoms with Crippen molar-refractivity contribution in [3.8, 4) is 6.07 Å². The number of carbonyl (C=O) groups excluding carboxylic acids is 2. The van der Waals surface area contributed by atoms with Crippen LogP contribution in [-0.4, -0.2) is 33.7 Å². The summed E-state index contributed by atoms with van der Waals surface area (Å²) in [6.45, 7) is 5.87. The number of carbonyl (C=O) groups is 2. The molecule has 1 N–H and O–H groups in total. The molecule has 0 aliphatic heterocycles. The Bertz CT molecular complexity index is 1510. The Morgan fingerprint density at radius 1 is 1.08 bits per heavy atom. The number of unbranched alkanes of at least 4 members (excludes halogenated alkanes) is 1. The van der Waals surface area contributed by atoms with Gasteiger partial charge < -0.3 is 10.1 Å². The molecule has 7 heteroatoms. The number of aromatic nitrogens is 2. The monoisotopic (exact) mass is 494 g/mol. The van der Waals surface area contributed by atoms with Gasteiger partial charge in [-0.15, -0.1) is 0 Å². The molecule has 188 valence electrons. The van der Waals surface area contributed by atoms with Crippen molar-refractivity contribution in [2.75, 3.05) is 6.54 Å². The fraction of sp³-hybridized carbons (Fsp3) is 0.267. The molecule has 4 aromatic rings. The van der Waals surface area contributed by atoms with Crippen LogP contribution in [0, 0.1) is 11.3 Å². The van der Waals surface area contributed by atoms with Crippen LogP contribution >= 0.6 is 0 Å². The molecule has 0 atom stereocenters. The van der Waals surface area contributed by atoms with Gasteiger partial charge >= 0.3 is 6.09 Å². The van der Waals surface area contributed by atoms with Crippen LogP contribution in [0.2, 0.25) is 0 Å². The third-order valence-corrected chi connectivity index (χ3v) is 5.89. The number of fused-ring (bicyclic) bond motifs is 2. The third-order valence-electron chi connectivity index (χ3n) is 5.89. The average molecular weight is 495 g/mol. The van der Waals surface area contributed by atoms with E-state index in [4.69, 9.17) is 4.74 Å². The molecular weight excluding hydrogens is 464 g/mol. The molecule has 0 saturated heterocycles. The lowest BCUT2D eigenvalue weighted by Crippen LogP contribution is -2.33. The Morgan fingerprint density at radius 2 is 1.89 bits per heavy atom. The van der Waals surface area contributed by atoms with Crippen LogP contribution in [0.25, 0.3) is 33.3 Å². The Labute approximate surface area is 216 Å². The number of ether oxygens (including phenoxy) is 1. The number of nitrogens with zero attached hydrogens (tertiary/aromatic N) is 3. The summed E-state index contributed by atoms with van der Waals surface area (Å²) in [5.41, 5.74) is 2.32. The van der Waals surface area contributed by atoms with Crippen molar-refractivity contribution >= 4 is 45.3 Å². The van der Waals surface area contributed by atoms with Gasteiger partial charge in [0, 0.05) is 47.9 Å². The van der Waals surface area contributed by atoms with Crippen molar-refractivity contribution < 1.29 is 14.3 Å². The molecule has 0 fully saturated rings. The highest BCUT2D eigenvalue weighted by molar-refractivity contribution is 6.06. The van der Waals surface area contributed by atoms with E-state index >= 15 is 0 Å². The summed E-state index contributed by atoms with van der Waals surface area (Å²) in [6, 6.07) is 17.8. The van der Waals surface area contributed by atoms with Gasteiger partial charge in [0.25, 0.3) is 0 Å². The third kappa shape index (κ3) is 6.22. The van der Waals surface area contributed by atoms with Gasteiger partial charge in [0.2, 0.25) is 5.91 Å². The maximum Gasteiger partial charge on any atom is 0.407 e. The second-order valence-electron chi connectivity index (χ2n) is 9.82. The van der Waals surface area contributed by atoms with E-state index in [0.717, 1.165) is 27.2 Å². The van der Waals surface area contributed by atoms with Crippen LogP contribution in [0.15, 0.2) is 67.1 Å². The minimum Gasteiger partial charge on any atom is -0.444 e. The van der Waals surface area contributed by atoms with Crippen LogP contribution in [0.5, 0.6) is 0 Å². The minimum atomic E-state index is -0.547. The number of pyridine rings is 1. The van der Waals surface area contributed by atoms with E-state index in [2.05, 4.69) is 16.4 Å². The second-order valence-corrected chi connectivity index (χ2v) is 9.82. The highest BCUT2D eigenvalue weighted by Gasteiger charge is 2.17. The van der Waals surface area contributed by atoms with Gasteiger partial charge in [0.15, 0.2) is 0 Å². The van der Waals surface area contributed by atoms with Gasteiger partial charge in [-0.3, -0.25) is 14.3 Å². The van der Waals surface area contributed by atoms with Gasteiger partial charge in [-0.05, 0) is 62.8 Å². The highest BCUT2D eigenvalue weighted by Crippen LogP contribution is 2.30. The predicted octanol–water partition coefficient (Wildman–Crippen LogP) is 6.59. The molecule has 0 saturated carbocycles. The number of hydrogen-bond donors (Lipinski definition) is 1. The quantitative estimate of drug-likeness (QED) is 0.231. The first kappa shape index (κ1) is 25.6. The SMILES string of the molecule is CC(C)(C)OC(=O)NCCCCC(=O)n1cc(/C(C#N)=C/c2cccc3cnccc23)c2ccccc21. The molecule has 0 aliphatic carbocycles. The zero-order valence-corrected chi connectivity index (χ0v) is 21.3. The van der Waals surface area contributed by atoms with Gasteiger partial charge in [0.1, 0.15) is 5.60 Å². The first-order valence-electron chi connectivity index (χ1n) is 12.3. The fourth-order valence-corrected chi connectivity index (χ4v) is 4.23. The summed E-state index contributed by atoms with van der Waals surface area (Å²) in [7, 11) is 0. The van der Waals surface area contributed by atoms with Crippen LogP contribution in [-0.2, 0) is 4.74 Å². The molecule has 4 rings (SSSR count). The average Bonchev–Trinajstić information content (AvgIpc) is 3.25. The number of hydrogen-bond acceptors (Lipinski definition) is 5. The number of para-hydroxylation sites is 1. The predicted molar refractivity (Wildman–Crippen MR) is 146 cm³/mol. The van der Waals surface area contributed by atoms with Crippen LogP contribution in [0.3, 0.4) is 0 Å². The van der Waals surface area contributed by atoms with Crippen molar-refractivity contribution in [3.05, 3.63) is 78.2 Å². The number of nitrogens with one attached hydrogen (secondary N) is 1. The summed E-state index contributed by atoms with van der Waals surface area (Å²) in [6.07, 6.45) is 8.27. The highest BCUT2D eigenvalue weighted by atomic mass is 16.6. The number of allylic oxidation sites excluding steroid dienone is 1. The number of nitriles is 1. The van der Waals surface area contributed by atoms with Crippen molar-refractivity contribution in [2.45, 2.75) is 45.6 Å². The standard InChI is InChI=1S/C30H30N4O3/c1-30(2,3)37-29(36)33-15-7-6-13-28(35)34-20-26(25-11-4-5-12-27(25)34)23(18-31)17-21-9-8-10-22-19-32-16-14-24(21)22/h4-5,8-12,14,16-17,19-20H,6-7,13,15H2,1-3H3,(H,33,36)/b23-17+. The van der Waals surface area contributed by atoms with E-state index in [-0.39, 0.29) is 5.91 Å². The fourth-order valence-electron chi connectivity index (χ4n) is 4.23. The van der Waals surface area contributed by atoms with Gasteiger partial charge in [-0.1, -0.05) is 36.4 Å². The Hall–Kier alpha value is -4.44. The van der Waals surface area contributed by atoms with Crippen molar-refractivity contribution in [2.24, 2.45) is 0 Å². The number of alkyl carbamates (subject to hydrolysis) is 1. The first-order chi connectivity index (χ1) is 17.8. The molecule has 0 unspecified atom stereocenters. The molecule has 0 spiro atoms. The minimum absolute atomic E-state index is 0.0618. The Balaban J connectivity index is 1.53. The number of rotatable bonds is 7. The zero-order valence-electron chi connectivity index (χ0n) is 21.3. The van der Waals surface area contributed by atoms with Crippen LogP contribution in [0.4, 0.5) is 4.79 Å². The van der Waals surface area contributed by atoms with Gasteiger partial charge in [-0.2, -0.15) is 5.26 Å². The van der Waals surface area contributed by atoms with Crippen molar-refractivity contribution in [1.29, 1.82) is 5.26 Å².